The normalized spacial score (nSPS) is 23.3. The summed E-state index contributed by atoms with van der Waals surface area (Å²) in [5, 5.41) is 1.49. The maximum atomic E-state index is 11.5. The van der Waals surface area contributed by atoms with Crippen molar-refractivity contribution in [1.82, 2.24) is 5.06 Å². The summed E-state index contributed by atoms with van der Waals surface area (Å²) in [4.78, 5) is 27.6. The number of likely N-dealkylation sites (N-methyl/N-ethyl adjacent to an activating group) is 1. The van der Waals surface area contributed by atoms with Crippen LogP contribution in [0.3, 0.4) is 0 Å². The van der Waals surface area contributed by atoms with Crippen molar-refractivity contribution in [2.24, 2.45) is 0 Å². The topological polar surface area (TPSA) is 65.1 Å². The minimum Gasteiger partial charge on any atom is -0.458 e. The molecule has 0 amide bonds. The van der Waals surface area contributed by atoms with E-state index in [1.54, 1.807) is 7.05 Å². The SMILES string of the molecule is CC(=O)ON(C)C1CC(=O)OC1CO[Si](C)(C)C(C)(C)C. The average molecular weight is 317 g/mol. The third-order valence-corrected chi connectivity index (χ3v) is 8.74. The first-order chi connectivity index (χ1) is 9.44. The van der Waals surface area contributed by atoms with Gasteiger partial charge in [-0.15, -0.1) is 5.06 Å². The van der Waals surface area contributed by atoms with E-state index in [0.717, 1.165) is 0 Å². The number of cyclic esters (lactones) is 1. The Morgan fingerprint density at radius 3 is 2.48 bits per heavy atom. The summed E-state index contributed by atoms with van der Waals surface area (Å²) in [6.45, 7) is 12.4. The summed E-state index contributed by atoms with van der Waals surface area (Å²) in [5.41, 5.74) is 0. The van der Waals surface area contributed by atoms with Gasteiger partial charge in [0.2, 0.25) is 0 Å². The Kier molecular flexibility index (Phi) is 5.57. The molecular weight excluding hydrogens is 290 g/mol. The van der Waals surface area contributed by atoms with Crippen LogP contribution in [0, 0.1) is 0 Å². The second kappa shape index (κ2) is 6.45. The first-order valence-electron chi connectivity index (χ1n) is 7.19. The quantitative estimate of drug-likeness (QED) is 0.439. The molecule has 2 atom stereocenters. The summed E-state index contributed by atoms with van der Waals surface area (Å²) in [6.07, 6.45) is -0.203. The van der Waals surface area contributed by atoms with Gasteiger partial charge >= 0.3 is 11.9 Å². The lowest BCUT2D eigenvalue weighted by Gasteiger charge is -2.37. The minimum absolute atomic E-state index is 0.0902. The van der Waals surface area contributed by atoms with Crippen molar-refractivity contribution >= 4 is 20.3 Å². The maximum absolute atomic E-state index is 11.5. The molecule has 0 bridgehead atoms. The van der Waals surface area contributed by atoms with Crippen molar-refractivity contribution in [1.29, 1.82) is 0 Å². The van der Waals surface area contributed by atoms with Crippen LogP contribution in [0.5, 0.6) is 0 Å². The predicted molar refractivity (Wildman–Crippen MR) is 81.0 cm³/mol. The van der Waals surface area contributed by atoms with Crippen molar-refractivity contribution in [2.75, 3.05) is 13.7 Å². The number of hydrogen-bond acceptors (Lipinski definition) is 6. The number of carbonyl (C=O) groups is 2. The van der Waals surface area contributed by atoms with Crippen molar-refractivity contribution in [3.63, 3.8) is 0 Å². The van der Waals surface area contributed by atoms with Crippen LogP contribution in [0.25, 0.3) is 0 Å². The highest BCUT2D eigenvalue weighted by Gasteiger charge is 2.43. The Hall–Kier alpha value is -0.923. The van der Waals surface area contributed by atoms with Gasteiger partial charge < -0.3 is 14.0 Å². The fourth-order valence-corrected chi connectivity index (χ4v) is 2.90. The van der Waals surface area contributed by atoms with Crippen molar-refractivity contribution in [3.05, 3.63) is 0 Å². The third kappa shape index (κ3) is 4.79. The molecule has 0 N–H and O–H groups in total. The minimum atomic E-state index is -1.91. The van der Waals surface area contributed by atoms with Gasteiger partial charge in [-0.2, -0.15) is 0 Å². The van der Waals surface area contributed by atoms with Crippen molar-refractivity contribution < 1.29 is 23.6 Å². The number of rotatable bonds is 5. The number of ether oxygens (including phenoxy) is 1. The summed E-state index contributed by atoms with van der Waals surface area (Å²) in [7, 11) is -0.276. The van der Waals surface area contributed by atoms with E-state index in [4.69, 9.17) is 14.0 Å². The van der Waals surface area contributed by atoms with Gasteiger partial charge in [0, 0.05) is 14.0 Å². The number of nitrogens with zero attached hydrogens (tertiary/aromatic N) is 1. The first-order valence-corrected chi connectivity index (χ1v) is 10.1. The maximum Gasteiger partial charge on any atom is 0.322 e. The van der Waals surface area contributed by atoms with Crippen molar-refractivity contribution in [3.8, 4) is 0 Å². The van der Waals surface area contributed by atoms with Crippen LogP contribution in [-0.2, 0) is 23.6 Å². The van der Waals surface area contributed by atoms with E-state index in [-0.39, 0.29) is 23.5 Å². The predicted octanol–water partition coefficient (Wildman–Crippen LogP) is 2.10. The van der Waals surface area contributed by atoms with E-state index in [1.165, 1.54) is 12.0 Å². The number of carbonyl (C=O) groups excluding carboxylic acids is 2. The Morgan fingerprint density at radius 2 is 2.00 bits per heavy atom. The van der Waals surface area contributed by atoms with E-state index >= 15 is 0 Å². The molecule has 0 spiro atoms. The smallest absolute Gasteiger partial charge is 0.322 e. The molecule has 1 heterocycles. The Morgan fingerprint density at radius 1 is 1.43 bits per heavy atom. The molecule has 1 aliphatic rings. The number of esters is 1. The highest BCUT2D eigenvalue weighted by atomic mass is 28.4. The van der Waals surface area contributed by atoms with Gasteiger partial charge in [0.05, 0.1) is 19.1 Å². The van der Waals surface area contributed by atoms with Crippen LogP contribution >= 0.6 is 0 Å². The van der Waals surface area contributed by atoms with E-state index in [9.17, 15) is 9.59 Å². The largest absolute Gasteiger partial charge is 0.458 e. The van der Waals surface area contributed by atoms with Crippen LogP contribution in [0.1, 0.15) is 34.1 Å². The molecule has 122 valence electrons. The van der Waals surface area contributed by atoms with Gasteiger partial charge in [0.1, 0.15) is 6.10 Å². The lowest BCUT2D eigenvalue weighted by molar-refractivity contribution is -0.196. The monoisotopic (exact) mass is 317 g/mol. The summed E-state index contributed by atoms with van der Waals surface area (Å²) in [6, 6.07) is -0.300. The van der Waals surface area contributed by atoms with Crippen LogP contribution in [0.4, 0.5) is 0 Å². The van der Waals surface area contributed by atoms with Crippen LogP contribution in [0.15, 0.2) is 0 Å². The molecule has 0 aromatic heterocycles. The molecule has 1 aliphatic heterocycles. The van der Waals surface area contributed by atoms with Crippen LogP contribution < -0.4 is 0 Å². The lowest BCUT2D eigenvalue weighted by atomic mass is 10.1. The molecule has 1 saturated heterocycles. The second-order valence-electron chi connectivity index (χ2n) is 7.00. The van der Waals surface area contributed by atoms with Gasteiger partial charge in [-0.25, -0.2) is 0 Å². The molecular formula is C14H27NO5Si. The summed E-state index contributed by atoms with van der Waals surface area (Å²) < 4.78 is 11.4. The zero-order chi connectivity index (χ0) is 16.4. The molecule has 0 radical (unpaired) electrons. The average Bonchev–Trinajstić information content (AvgIpc) is 2.65. The highest BCUT2D eigenvalue weighted by molar-refractivity contribution is 6.74. The molecule has 7 heteroatoms. The molecule has 2 unspecified atom stereocenters. The third-order valence-electron chi connectivity index (χ3n) is 4.24. The lowest BCUT2D eigenvalue weighted by Crippen LogP contribution is -2.46. The second-order valence-corrected chi connectivity index (χ2v) is 11.8. The highest BCUT2D eigenvalue weighted by Crippen LogP contribution is 2.37. The molecule has 1 fully saturated rings. The van der Waals surface area contributed by atoms with Gasteiger partial charge in [0.15, 0.2) is 8.32 Å². The van der Waals surface area contributed by atoms with Gasteiger partial charge in [-0.3, -0.25) is 9.59 Å². The Labute approximate surface area is 127 Å². The van der Waals surface area contributed by atoms with E-state index in [0.29, 0.717) is 6.61 Å². The number of hydrogen-bond donors (Lipinski definition) is 0. The van der Waals surface area contributed by atoms with Crippen molar-refractivity contribution in [2.45, 2.75) is 64.4 Å². The Bertz CT molecular complexity index is 405. The molecule has 6 nitrogen and oxygen atoms in total. The van der Waals surface area contributed by atoms with Crippen LogP contribution in [-0.4, -0.2) is 51.1 Å². The van der Waals surface area contributed by atoms with Gasteiger partial charge in [0.25, 0.3) is 0 Å². The van der Waals surface area contributed by atoms with Crippen LogP contribution in [0.2, 0.25) is 18.1 Å². The molecule has 0 aliphatic carbocycles. The van der Waals surface area contributed by atoms with Gasteiger partial charge in [-0.05, 0) is 18.1 Å². The number of hydroxylamine groups is 2. The summed E-state index contributed by atoms with van der Waals surface area (Å²) >= 11 is 0. The molecule has 0 aromatic rings. The van der Waals surface area contributed by atoms with E-state index in [1.807, 2.05) is 0 Å². The van der Waals surface area contributed by atoms with E-state index < -0.39 is 20.4 Å². The van der Waals surface area contributed by atoms with E-state index in [2.05, 4.69) is 33.9 Å². The first kappa shape index (κ1) is 18.1. The molecule has 21 heavy (non-hydrogen) atoms. The zero-order valence-electron chi connectivity index (χ0n) is 14.1. The standard InChI is InChI=1S/C14H27NO5Si/c1-10(16)20-15(5)11-8-13(17)19-12(11)9-18-21(6,7)14(2,3)4/h11-12H,8-9H2,1-7H3. The molecule has 1 rings (SSSR count). The Balaban J connectivity index is 2.68. The molecule has 0 saturated carbocycles. The fraction of sp³-hybridized carbons (Fsp3) is 0.857. The molecule has 0 aromatic carbocycles. The zero-order valence-corrected chi connectivity index (χ0v) is 15.1. The van der Waals surface area contributed by atoms with Gasteiger partial charge in [-0.1, -0.05) is 20.8 Å². The fourth-order valence-electron chi connectivity index (χ4n) is 1.88. The summed E-state index contributed by atoms with van der Waals surface area (Å²) in [5.74, 6) is -0.705.